The first kappa shape index (κ1) is 14.7. The number of anilines is 1. The number of unbranched alkanes of at least 4 members (excludes halogenated alkanes) is 2. The molecule has 0 fully saturated rings. The fourth-order valence-corrected chi connectivity index (χ4v) is 2.29. The van der Waals surface area contributed by atoms with Crippen LogP contribution in [0.25, 0.3) is 0 Å². The highest BCUT2D eigenvalue weighted by atomic mass is 127. The topological polar surface area (TPSA) is 29.0 Å². The molecular formula is C13H22IN3. The third-order valence-corrected chi connectivity index (χ3v) is 3.52. The van der Waals surface area contributed by atoms with Crippen LogP contribution in [0.5, 0.6) is 0 Å². The van der Waals surface area contributed by atoms with Crippen LogP contribution >= 0.6 is 22.6 Å². The number of aromatic nitrogens is 2. The zero-order valence-electron chi connectivity index (χ0n) is 10.8. The maximum absolute atomic E-state index is 4.64. The number of halogens is 1. The van der Waals surface area contributed by atoms with Crippen LogP contribution in [0.15, 0.2) is 12.3 Å². The molecule has 0 aromatic carbocycles. The van der Waals surface area contributed by atoms with Gasteiger partial charge in [-0.25, -0.2) is 9.97 Å². The summed E-state index contributed by atoms with van der Waals surface area (Å²) in [6, 6.07) is 2.02. The number of nitrogens with zero attached hydrogens (tertiary/aromatic N) is 3. The Labute approximate surface area is 118 Å². The third-order valence-electron chi connectivity index (χ3n) is 2.69. The molecule has 1 aromatic heterocycles. The van der Waals surface area contributed by atoms with Crippen molar-refractivity contribution in [2.45, 2.75) is 46.0 Å². The Balaban J connectivity index is 2.66. The minimum atomic E-state index is 0.982. The van der Waals surface area contributed by atoms with E-state index in [2.05, 4.69) is 51.3 Å². The molecule has 1 heterocycles. The summed E-state index contributed by atoms with van der Waals surface area (Å²) >= 11 is 2.40. The van der Waals surface area contributed by atoms with E-state index in [1.165, 1.54) is 25.7 Å². The molecule has 0 radical (unpaired) electrons. The van der Waals surface area contributed by atoms with Gasteiger partial charge in [-0.2, -0.15) is 0 Å². The van der Waals surface area contributed by atoms with E-state index in [0.717, 1.165) is 29.2 Å². The summed E-state index contributed by atoms with van der Waals surface area (Å²) in [6.45, 7) is 5.50. The van der Waals surface area contributed by atoms with E-state index in [0.29, 0.717) is 0 Å². The van der Waals surface area contributed by atoms with Crippen molar-refractivity contribution >= 4 is 28.4 Å². The number of hydrogen-bond acceptors (Lipinski definition) is 3. The van der Waals surface area contributed by atoms with E-state index in [-0.39, 0.29) is 0 Å². The molecule has 1 rings (SSSR count). The van der Waals surface area contributed by atoms with Gasteiger partial charge in [-0.1, -0.05) is 49.3 Å². The van der Waals surface area contributed by atoms with Crippen molar-refractivity contribution in [3.8, 4) is 0 Å². The molecule has 0 saturated carbocycles. The van der Waals surface area contributed by atoms with Gasteiger partial charge in [0.25, 0.3) is 0 Å². The molecule has 0 atom stereocenters. The van der Waals surface area contributed by atoms with Gasteiger partial charge in [-0.15, -0.1) is 0 Å². The first-order valence-corrected chi connectivity index (χ1v) is 7.97. The van der Waals surface area contributed by atoms with Gasteiger partial charge in [0.05, 0.1) is 4.55 Å². The Morgan fingerprint density at radius 1 is 1.24 bits per heavy atom. The van der Waals surface area contributed by atoms with Gasteiger partial charge in [0.2, 0.25) is 0 Å². The van der Waals surface area contributed by atoms with Crippen LogP contribution < -0.4 is 4.90 Å². The van der Waals surface area contributed by atoms with Gasteiger partial charge in [0.1, 0.15) is 11.6 Å². The molecular weight excluding hydrogens is 325 g/mol. The van der Waals surface area contributed by atoms with Crippen molar-refractivity contribution in [3.05, 3.63) is 18.1 Å². The lowest BCUT2D eigenvalue weighted by molar-refractivity contribution is 0.730. The summed E-state index contributed by atoms with van der Waals surface area (Å²) in [7, 11) is 0. The van der Waals surface area contributed by atoms with Crippen LogP contribution in [-0.4, -0.2) is 21.1 Å². The summed E-state index contributed by atoms with van der Waals surface area (Å²) in [5, 5.41) is 0. The van der Waals surface area contributed by atoms with Gasteiger partial charge < -0.3 is 4.90 Å². The highest BCUT2D eigenvalue weighted by molar-refractivity contribution is 14.1. The zero-order chi connectivity index (χ0) is 12.5. The minimum absolute atomic E-state index is 0.982. The highest BCUT2D eigenvalue weighted by Gasteiger charge is 2.06. The van der Waals surface area contributed by atoms with Crippen molar-refractivity contribution < 1.29 is 0 Å². The van der Waals surface area contributed by atoms with Gasteiger partial charge in [-0.3, -0.25) is 0 Å². The minimum Gasteiger partial charge on any atom is -0.347 e. The van der Waals surface area contributed by atoms with Crippen LogP contribution in [0.1, 0.15) is 45.4 Å². The van der Waals surface area contributed by atoms with Gasteiger partial charge in [0.15, 0.2) is 0 Å². The standard InChI is InChI=1S/C13H22IN3/c1-3-5-7-12-15-9-8-13(16-12)17(11-14)10-6-4-2/h8-9H,3-7,10-11H2,1-2H3. The van der Waals surface area contributed by atoms with Gasteiger partial charge in [-0.05, 0) is 18.9 Å². The monoisotopic (exact) mass is 347 g/mol. The average molecular weight is 347 g/mol. The molecule has 0 unspecified atom stereocenters. The fourth-order valence-electron chi connectivity index (χ4n) is 1.60. The Hall–Kier alpha value is -0.390. The maximum atomic E-state index is 4.64. The predicted molar refractivity (Wildman–Crippen MR) is 81.8 cm³/mol. The molecule has 0 aliphatic rings. The van der Waals surface area contributed by atoms with Crippen LogP contribution in [-0.2, 0) is 6.42 Å². The Morgan fingerprint density at radius 3 is 2.65 bits per heavy atom. The largest absolute Gasteiger partial charge is 0.347 e. The normalized spacial score (nSPS) is 10.5. The van der Waals surface area contributed by atoms with Crippen molar-refractivity contribution in [2.75, 3.05) is 16.0 Å². The molecule has 0 amide bonds. The molecule has 0 N–H and O–H groups in total. The van der Waals surface area contributed by atoms with Gasteiger partial charge >= 0.3 is 0 Å². The fraction of sp³-hybridized carbons (Fsp3) is 0.692. The SMILES string of the molecule is CCCCc1nccc(N(CI)CCCC)n1. The molecule has 4 heteroatoms. The maximum Gasteiger partial charge on any atom is 0.132 e. The van der Waals surface area contributed by atoms with Crippen LogP contribution in [0, 0.1) is 0 Å². The molecule has 96 valence electrons. The molecule has 0 aliphatic carbocycles. The van der Waals surface area contributed by atoms with E-state index in [9.17, 15) is 0 Å². The Morgan fingerprint density at radius 2 is 2.00 bits per heavy atom. The average Bonchev–Trinajstić information content (AvgIpc) is 2.38. The lowest BCUT2D eigenvalue weighted by Gasteiger charge is -2.20. The van der Waals surface area contributed by atoms with E-state index in [1.807, 2.05) is 12.3 Å². The lowest BCUT2D eigenvalue weighted by Crippen LogP contribution is -2.23. The first-order valence-electron chi connectivity index (χ1n) is 6.44. The summed E-state index contributed by atoms with van der Waals surface area (Å²) in [6.07, 6.45) is 7.69. The van der Waals surface area contributed by atoms with E-state index >= 15 is 0 Å². The highest BCUT2D eigenvalue weighted by Crippen LogP contribution is 2.13. The van der Waals surface area contributed by atoms with Crippen molar-refractivity contribution in [1.29, 1.82) is 0 Å². The summed E-state index contributed by atoms with van der Waals surface area (Å²) in [4.78, 5) is 11.3. The van der Waals surface area contributed by atoms with Crippen molar-refractivity contribution in [2.24, 2.45) is 0 Å². The number of hydrogen-bond donors (Lipinski definition) is 0. The first-order chi connectivity index (χ1) is 8.31. The van der Waals surface area contributed by atoms with Crippen molar-refractivity contribution in [1.82, 2.24) is 9.97 Å². The second-order valence-corrected chi connectivity index (χ2v) is 4.85. The molecule has 0 saturated heterocycles. The van der Waals surface area contributed by atoms with E-state index < -0.39 is 0 Å². The quantitative estimate of drug-likeness (QED) is 0.407. The molecule has 0 spiro atoms. The lowest BCUT2D eigenvalue weighted by atomic mass is 10.2. The van der Waals surface area contributed by atoms with E-state index in [1.54, 1.807) is 0 Å². The van der Waals surface area contributed by atoms with Gasteiger partial charge in [0, 0.05) is 19.2 Å². The summed E-state index contributed by atoms with van der Waals surface area (Å²) in [5.41, 5.74) is 0. The molecule has 0 aliphatic heterocycles. The van der Waals surface area contributed by atoms with Crippen LogP contribution in [0.4, 0.5) is 5.82 Å². The van der Waals surface area contributed by atoms with E-state index in [4.69, 9.17) is 0 Å². The Kier molecular flexibility index (Phi) is 7.48. The molecule has 17 heavy (non-hydrogen) atoms. The number of alkyl halides is 1. The third kappa shape index (κ3) is 5.19. The molecule has 3 nitrogen and oxygen atoms in total. The summed E-state index contributed by atoms with van der Waals surface area (Å²) < 4.78 is 0.988. The molecule has 0 bridgehead atoms. The Bertz CT molecular complexity index is 317. The van der Waals surface area contributed by atoms with Crippen molar-refractivity contribution in [3.63, 3.8) is 0 Å². The molecule has 1 aromatic rings. The smallest absolute Gasteiger partial charge is 0.132 e. The number of aryl methyl sites for hydroxylation is 1. The predicted octanol–water partition coefficient (Wildman–Crippen LogP) is 3.82. The zero-order valence-corrected chi connectivity index (χ0v) is 13.0. The second kappa shape index (κ2) is 8.66. The number of rotatable bonds is 8. The van der Waals surface area contributed by atoms with Crippen LogP contribution in [0.3, 0.4) is 0 Å². The van der Waals surface area contributed by atoms with Crippen LogP contribution in [0.2, 0.25) is 0 Å². The summed E-state index contributed by atoms with van der Waals surface area (Å²) in [5.74, 6) is 2.06. The second-order valence-electron chi connectivity index (χ2n) is 4.17.